The molecule has 1 aromatic heterocycles. The molecule has 0 aromatic carbocycles. The van der Waals surface area contributed by atoms with E-state index in [9.17, 15) is 0 Å². The Morgan fingerprint density at radius 3 is 2.43 bits per heavy atom. The molecule has 0 aliphatic rings. The zero-order chi connectivity index (χ0) is 10.7. The normalized spacial score (nSPS) is 10.7. The average Bonchev–Trinajstić information content (AvgIpc) is 2.16. The fourth-order valence-corrected chi connectivity index (χ4v) is 1.21. The fraction of sp³-hybridized carbons (Fsp3) is 0.545. The Morgan fingerprint density at radius 2 is 2.00 bits per heavy atom. The van der Waals surface area contributed by atoms with Crippen molar-refractivity contribution < 1.29 is 5.11 Å². The van der Waals surface area contributed by atoms with E-state index in [0.717, 1.165) is 17.1 Å². The molecule has 1 rings (SSSR count). The molecule has 0 spiro atoms. The second-order valence-electron chi connectivity index (χ2n) is 3.97. The third-order valence-corrected chi connectivity index (χ3v) is 2.12. The van der Waals surface area contributed by atoms with Crippen LogP contribution in [0.1, 0.15) is 31.0 Å². The Bertz CT molecular complexity index is 282. The van der Waals surface area contributed by atoms with Crippen LogP contribution in [-0.2, 0) is 6.61 Å². The maximum absolute atomic E-state index is 9.10. The van der Waals surface area contributed by atoms with Crippen LogP contribution in [-0.4, -0.2) is 24.2 Å². The molecule has 1 heterocycles. The second-order valence-corrected chi connectivity index (χ2v) is 3.97. The first-order chi connectivity index (χ1) is 6.54. The van der Waals surface area contributed by atoms with Crippen LogP contribution in [0, 0.1) is 0 Å². The molecule has 0 unspecified atom stereocenters. The maximum atomic E-state index is 9.10. The maximum Gasteiger partial charge on any atom is 0.128 e. The van der Waals surface area contributed by atoms with Crippen molar-refractivity contribution in [2.24, 2.45) is 0 Å². The highest BCUT2D eigenvalue weighted by Crippen LogP contribution is 2.18. The van der Waals surface area contributed by atoms with Gasteiger partial charge in [0.25, 0.3) is 0 Å². The minimum Gasteiger partial charge on any atom is -0.392 e. The van der Waals surface area contributed by atoms with E-state index in [1.807, 2.05) is 31.1 Å². The number of anilines is 1. The summed E-state index contributed by atoms with van der Waals surface area (Å²) in [4.78, 5) is 6.44. The second kappa shape index (κ2) is 4.42. The van der Waals surface area contributed by atoms with Crippen molar-refractivity contribution in [3.63, 3.8) is 0 Å². The first-order valence-corrected chi connectivity index (χ1v) is 4.83. The van der Waals surface area contributed by atoms with Gasteiger partial charge in [0.05, 0.1) is 6.61 Å². The Hall–Kier alpha value is -1.09. The van der Waals surface area contributed by atoms with Crippen LogP contribution in [0.25, 0.3) is 0 Å². The Morgan fingerprint density at radius 1 is 1.36 bits per heavy atom. The smallest absolute Gasteiger partial charge is 0.128 e. The third kappa shape index (κ3) is 2.45. The van der Waals surface area contributed by atoms with E-state index in [0.29, 0.717) is 5.92 Å². The van der Waals surface area contributed by atoms with E-state index in [1.54, 1.807) is 0 Å². The monoisotopic (exact) mass is 194 g/mol. The van der Waals surface area contributed by atoms with Crippen LogP contribution >= 0.6 is 0 Å². The number of pyridine rings is 1. The van der Waals surface area contributed by atoms with Crippen LogP contribution < -0.4 is 4.90 Å². The molecule has 0 bridgehead atoms. The molecule has 0 atom stereocenters. The van der Waals surface area contributed by atoms with E-state index < -0.39 is 0 Å². The number of hydrogen-bond donors (Lipinski definition) is 1. The van der Waals surface area contributed by atoms with Gasteiger partial charge in [0.2, 0.25) is 0 Å². The van der Waals surface area contributed by atoms with Crippen LogP contribution in [0.3, 0.4) is 0 Å². The summed E-state index contributed by atoms with van der Waals surface area (Å²) < 4.78 is 0. The summed E-state index contributed by atoms with van der Waals surface area (Å²) in [5, 5.41) is 9.10. The van der Waals surface area contributed by atoms with Crippen LogP contribution in [0.2, 0.25) is 0 Å². The van der Waals surface area contributed by atoms with E-state index in [1.165, 1.54) is 0 Å². The Kier molecular flexibility index (Phi) is 3.47. The lowest BCUT2D eigenvalue weighted by Crippen LogP contribution is -2.12. The lowest BCUT2D eigenvalue weighted by Gasteiger charge is -2.15. The number of aromatic nitrogens is 1. The van der Waals surface area contributed by atoms with Crippen molar-refractivity contribution >= 4 is 5.82 Å². The molecule has 0 amide bonds. The standard InChI is InChI=1S/C11H18N2O/c1-8(2)10-5-9(7-14)6-11(12-10)13(3)4/h5-6,8,14H,7H2,1-4H3. The summed E-state index contributed by atoms with van der Waals surface area (Å²) in [5.41, 5.74) is 1.95. The van der Waals surface area contributed by atoms with Gasteiger partial charge in [0, 0.05) is 19.8 Å². The van der Waals surface area contributed by atoms with Gasteiger partial charge < -0.3 is 10.0 Å². The van der Waals surface area contributed by atoms with Gasteiger partial charge in [0.1, 0.15) is 5.82 Å². The highest BCUT2D eigenvalue weighted by atomic mass is 16.3. The van der Waals surface area contributed by atoms with Crippen molar-refractivity contribution in [2.45, 2.75) is 26.4 Å². The summed E-state index contributed by atoms with van der Waals surface area (Å²) in [5.74, 6) is 1.29. The van der Waals surface area contributed by atoms with Gasteiger partial charge in [-0.1, -0.05) is 13.8 Å². The first kappa shape index (κ1) is 11.0. The van der Waals surface area contributed by atoms with E-state index >= 15 is 0 Å². The lowest BCUT2D eigenvalue weighted by atomic mass is 10.1. The molecule has 0 aliphatic heterocycles. The van der Waals surface area contributed by atoms with Gasteiger partial charge in [-0.15, -0.1) is 0 Å². The molecule has 3 heteroatoms. The Balaban J connectivity index is 3.13. The lowest BCUT2D eigenvalue weighted by molar-refractivity contribution is 0.281. The van der Waals surface area contributed by atoms with Crippen LogP contribution in [0.15, 0.2) is 12.1 Å². The van der Waals surface area contributed by atoms with Gasteiger partial charge in [-0.2, -0.15) is 0 Å². The van der Waals surface area contributed by atoms with Crippen molar-refractivity contribution in [1.82, 2.24) is 4.98 Å². The van der Waals surface area contributed by atoms with E-state index in [2.05, 4.69) is 18.8 Å². The van der Waals surface area contributed by atoms with Crippen molar-refractivity contribution in [1.29, 1.82) is 0 Å². The van der Waals surface area contributed by atoms with E-state index in [-0.39, 0.29) is 6.61 Å². The number of nitrogens with zero attached hydrogens (tertiary/aromatic N) is 2. The summed E-state index contributed by atoms with van der Waals surface area (Å²) in [6.07, 6.45) is 0. The predicted octanol–water partition coefficient (Wildman–Crippen LogP) is 1.76. The molecule has 3 nitrogen and oxygen atoms in total. The van der Waals surface area contributed by atoms with Crippen LogP contribution in [0.5, 0.6) is 0 Å². The van der Waals surface area contributed by atoms with E-state index in [4.69, 9.17) is 5.11 Å². The molecule has 0 aliphatic carbocycles. The molecule has 1 N–H and O–H groups in total. The van der Waals surface area contributed by atoms with Gasteiger partial charge in [-0.3, -0.25) is 0 Å². The molecule has 14 heavy (non-hydrogen) atoms. The van der Waals surface area contributed by atoms with Gasteiger partial charge in [0.15, 0.2) is 0 Å². The zero-order valence-electron chi connectivity index (χ0n) is 9.28. The average molecular weight is 194 g/mol. The summed E-state index contributed by atoms with van der Waals surface area (Å²) in [7, 11) is 3.90. The van der Waals surface area contributed by atoms with Crippen molar-refractivity contribution in [2.75, 3.05) is 19.0 Å². The predicted molar refractivity (Wildman–Crippen MR) is 58.6 cm³/mol. The van der Waals surface area contributed by atoms with Gasteiger partial charge in [-0.05, 0) is 23.6 Å². The summed E-state index contributed by atoms with van der Waals surface area (Å²) in [6, 6.07) is 3.86. The first-order valence-electron chi connectivity index (χ1n) is 4.83. The number of aliphatic hydroxyl groups is 1. The van der Waals surface area contributed by atoms with Crippen molar-refractivity contribution in [3.8, 4) is 0 Å². The molecule has 78 valence electrons. The fourth-order valence-electron chi connectivity index (χ4n) is 1.21. The highest BCUT2D eigenvalue weighted by Gasteiger charge is 2.06. The SMILES string of the molecule is CC(C)c1cc(CO)cc(N(C)C)n1. The summed E-state index contributed by atoms with van der Waals surface area (Å²) in [6.45, 7) is 4.27. The minimum atomic E-state index is 0.0725. The van der Waals surface area contributed by atoms with Gasteiger partial charge >= 0.3 is 0 Å². The molecule has 0 fully saturated rings. The van der Waals surface area contributed by atoms with Crippen molar-refractivity contribution in [3.05, 3.63) is 23.4 Å². The Labute approximate surface area is 85.4 Å². The van der Waals surface area contributed by atoms with Gasteiger partial charge in [-0.25, -0.2) is 4.98 Å². The molecule has 1 aromatic rings. The molecular formula is C11H18N2O. The quantitative estimate of drug-likeness (QED) is 0.796. The topological polar surface area (TPSA) is 36.4 Å². The number of hydrogen-bond acceptors (Lipinski definition) is 3. The third-order valence-electron chi connectivity index (χ3n) is 2.12. The number of rotatable bonds is 3. The highest BCUT2D eigenvalue weighted by molar-refractivity contribution is 5.41. The molecule has 0 saturated carbocycles. The summed E-state index contributed by atoms with van der Waals surface area (Å²) >= 11 is 0. The zero-order valence-corrected chi connectivity index (χ0v) is 9.28. The molecule has 0 saturated heterocycles. The molecule has 0 radical (unpaired) electrons. The largest absolute Gasteiger partial charge is 0.392 e. The van der Waals surface area contributed by atoms with Crippen LogP contribution in [0.4, 0.5) is 5.82 Å². The minimum absolute atomic E-state index is 0.0725. The molecular weight excluding hydrogens is 176 g/mol. The number of aliphatic hydroxyl groups excluding tert-OH is 1.